The number of nitrogens with zero attached hydrogens (tertiary/aromatic N) is 2. The minimum absolute atomic E-state index is 0.0189. The van der Waals surface area contributed by atoms with E-state index in [-0.39, 0.29) is 18.1 Å². The normalized spacial score (nSPS) is 12.2. The van der Waals surface area contributed by atoms with Crippen LogP contribution in [0.25, 0.3) is 0 Å². The summed E-state index contributed by atoms with van der Waals surface area (Å²) in [5, 5.41) is 3.22. The number of anilines is 1. The largest absolute Gasteiger partial charge is 0.354 e. The minimum Gasteiger partial charge on any atom is -0.354 e. The molecule has 2 rings (SSSR count). The highest BCUT2D eigenvalue weighted by atomic mass is 35.5. The SMILES string of the molecule is CCCCNC(=O)[C@H](CC)N(Cc1ccc(F)cc1)C(=O)CN(c1ccc(C)c(Cl)c1)S(C)(=O)=O. The van der Waals surface area contributed by atoms with Crippen molar-refractivity contribution in [2.75, 3.05) is 23.7 Å². The number of carbonyl (C=O) groups is 2. The second kappa shape index (κ2) is 12.9. The van der Waals surface area contributed by atoms with Gasteiger partial charge in [-0.05, 0) is 55.2 Å². The van der Waals surface area contributed by atoms with Gasteiger partial charge in [-0.25, -0.2) is 12.8 Å². The molecular formula is C25H33ClFN3O4S. The lowest BCUT2D eigenvalue weighted by Gasteiger charge is -2.33. The molecule has 10 heteroatoms. The Labute approximate surface area is 212 Å². The van der Waals surface area contributed by atoms with Crippen molar-refractivity contribution in [1.29, 1.82) is 0 Å². The molecule has 7 nitrogen and oxygen atoms in total. The zero-order chi connectivity index (χ0) is 26.2. The molecule has 0 unspecified atom stereocenters. The predicted octanol–water partition coefficient (Wildman–Crippen LogP) is 4.28. The fourth-order valence-corrected chi connectivity index (χ4v) is 4.58. The summed E-state index contributed by atoms with van der Waals surface area (Å²) in [4.78, 5) is 27.9. The van der Waals surface area contributed by atoms with Crippen LogP contribution >= 0.6 is 11.6 Å². The highest BCUT2D eigenvalue weighted by Gasteiger charge is 2.31. The number of halogens is 2. The molecule has 1 atom stereocenters. The van der Waals surface area contributed by atoms with Crippen LogP contribution in [-0.2, 0) is 26.2 Å². The Morgan fingerprint density at radius 1 is 1.11 bits per heavy atom. The first-order chi connectivity index (χ1) is 16.5. The standard InChI is InChI=1S/C25H33ClFN3O4S/c1-5-7-14-28-25(32)23(6-2)29(16-19-9-11-20(27)12-10-19)24(31)17-30(35(4,33)34)21-13-8-18(3)22(26)15-21/h8-13,15,23H,5-7,14,16-17H2,1-4H3,(H,28,32)/t23-/m0/s1. The monoisotopic (exact) mass is 525 g/mol. The molecule has 0 heterocycles. The summed E-state index contributed by atoms with van der Waals surface area (Å²) >= 11 is 6.20. The Morgan fingerprint density at radius 3 is 2.31 bits per heavy atom. The Kier molecular flexibility index (Phi) is 10.5. The van der Waals surface area contributed by atoms with Crippen LogP contribution in [0.15, 0.2) is 42.5 Å². The number of carbonyl (C=O) groups excluding carboxylic acids is 2. The third-order valence-corrected chi connectivity index (χ3v) is 7.15. The lowest BCUT2D eigenvalue weighted by molar-refractivity contribution is -0.140. The molecule has 1 N–H and O–H groups in total. The molecule has 0 aliphatic carbocycles. The zero-order valence-corrected chi connectivity index (χ0v) is 22.1. The van der Waals surface area contributed by atoms with E-state index >= 15 is 0 Å². The first-order valence-electron chi connectivity index (χ1n) is 11.5. The van der Waals surface area contributed by atoms with E-state index in [1.54, 1.807) is 26.0 Å². The van der Waals surface area contributed by atoms with E-state index in [1.807, 2.05) is 6.92 Å². The van der Waals surface area contributed by atoms with Gasteiger partial charge in [-0.3, -0.25) is 13.9 Å². The average Bonchev–Trinajstić information content (AvgIpc) is 2.80. The van der Waals surface area contributed by atoms with Crippen LogP contribution in [0.3, 0.4) is 0 Å². The summed E-state index contributed by atoms with van der Waals surface area (Å²) in [5.74, 6) is -1.30. The van der Waals surface area contributed by atoms with Crippen LogP contribution in [0.2, 0.25) is 5.02 Å². The molecule has 0 saturated heterocycles. The molecule has 0 radical (unpaired) electrons. The fourth-order valence-electron chi connectivity index (χ4n) is 3.56. The molecule has 2 aromatic rings. The van der Waals surface area contributed by atoms with Crippen molar-refractivity contribution in [2.24, 2.45) is 0 Å². The molecule has 192 valence electrons. The molecule has 0 saturated carbocycles. The highest BCUT2D eigenvalue weighted by molar-refractivity contribution is 7.92. The van der Waals surface area contributed by atoms with Crippen molar-refractivity contribution in [3.05, 3.63) is 64.4 Å². The molecule has 0 spiro atoms. The van der Waals surface area contributed by atoms with E-state index < -0.39 is 34.3 Å². The number of sulfonamides is 1. The summed E-state index contributed by atoms with van der Waals surface area (Å²) in [6.07, 6.45) is 3.02. The summed E-state index contributed by atoms with van der Waals surface area (Å²) < 4.78 is 39.6. The molecule has 0 aliphatic heterocycles. The van der Waals surface area contributed by atoms with Crippen LogP contribution in [0.4, 0.5) is 10.1 Å². The predicted molar refractivity (Wildman–Crippen MR) is 137 cm³/mol. The van der Waals surface area contributed by atoms with E-state index in [1.165, 1.54) is 35.2 Å². The number of rotatable bonds is 12. The van der Waals surface area contributed by atoms with Gasteiger partial charge in [-0.15, -0.1) is 0 Å². The fraction of sp³-hybridized carbons (Fsp3) is 0.440. The number of aryl methyl sites for hydroxylation is 1. The summed E-state index contributed by atoms with van der Waals surface area (Å²) in [6.45, 7) is 5.55. The first-order valence-corrected chi connectivity index (χ1v) is 13.8. The van der Waals surface area contributed by atoms with Crippen LogP contribution < -0.4 is 9.62 Å². The summed E-state index contributed by atoms with van der Waals surface area (Å²) in [5.41, 5.74) is 1.63. The van der Waals surface area contributed by atoms with Crippen LogP contribution in [0, 0.1) is 12.7 Å². The smallest absolute Gasteiger partial charge is 0.244 e. The number of nitrogens with one attached hydrogen (secondary N) is 1. The molecular weight excluding hydrogens is 493 g/mol. The van der Waals surface area contributed by atoms with E-state index in [0.29, 0.717) is 23.6 Å². The van der Waals surface area contributed by atoms with Gasteiger partial charge >= 0.3 is 0 Å². The quantitative estimate of drug-likeness (QED) is 0.419. The number of benzene rings is 2. The molecule has 0 fully saturated rings. The number of hydrogen-bond donors (Lipinski definition) is 1. The van der Waals surface area contributed by atoms with Crippen molar-refractivity contribution in [3.63, 3.8) is 0 Å². The molecule has 2 aromatic carbocycles. The summed E-state index contributed by atoms with van der Waals surface area (Å²) in [6, 6.07) is 9.53. The van der Waals surface area contributed by atoms with Gasteiger partial charge in [0, 0.05) is 18.1 Å². The second-order valence-corrected chi connectivity index (χ2v) is 10.7. The molecule has 35 heavy (non-hydrogen) atoms. The lowest BCUT2D eigenvalue weighted by Crippen LogP contribution is -2.52. The van der Waals surface area contributed by atoms with Crippen LogP contribution in [0.1, 0.15) is 44.2 Å². The maximum absolute atomic E-state index is 13.6. The van der Waals surface area contributed by atoms with Gasteiger partial charge in [0.15, 0.2) is 0 Å². The maximum atomic E-state index is 13.6. The van der Waals surface area contributed by atoms with Gasteiger partial charge < -0.3 is 10.2 Å². The third kappa shape index (κ3) is 8.21. The van der Waals surface area contributed by atoms with Crippen molar-refractivity contribution in [1.82, 2.24) is 10.2 Å². The average molecular weight is 526 g/mol. The van der Waals surface area contributed by atoms with Gasteiger partial charge in [0.05, 0.1) is 11.9 Å². The number of unbranched alkanes of at least 4 members (excludes halogenated alkanes) is 1. The molecule has 0 aliphatic rings. The first kappa shape index (κ1) is 28.6. The molecule has 0 bridgehead atoms. The van der Waals surface area contributed by atoms with Crippen molar-refractivity contribution in [2.45, 2.75) is 52.6 Å². The Hall–Kier alpha value is -2.65. The minimum atomic E-state index is -3.85. The Bertz CT molecular complexity index is 1130. The van der Waals surface area contributed by atoms with Crippen molar-refractivity contribution < 1.29 is 22.4 Å². The summed E-state index contributed by atoms with van der Waals surface area (Å²) in [7, 11) is -3.85. The molecule has 0 aromatic heterocycles. The highest BCUT2D eigenvalue weighted by Crippen LogP contribution is 2.25. The second-order valence-electron chi connectivity index (χ2n) is 8.42. The van der Waals surface area contributed by atoms with Gasteiger partial charge in [0.25, 0.3) is 0 Å². The zero-order valence-electron chi connectivity index (χ0n) is 20.6. The number of hydrogen-bond acceptors (Lipinski definition) is 4. The Morgan fingerprint density at radius 2 is 1.77 bits per heavy atom. The van der Waals surface area contributed by atoms with Crippen molar-refractivity contribution in [3.8, 4) is 0 Å². The Balaban J connectivity index is 2.41. The molecule has 2 amide bonds. The third-order valence-electron chi connectivity index (χ3n) is 5.60. The topological polar surface area (TPSA) is 86.8 Å². The van der Waals surface area contributed by atoms with Gasteiger partial charge in [0.1, 0.15) is 18.4 Å². The van der Waals surface area contributed by atoms with E-state index in [9.17, 15) is 22.4 Å². The maximum Gasteiger partial charge on any atom is 0.244 e. The van der Waals surface area contributed by atoms with Crippen LogP contribution in [0.5, 0.6) is 0 Å². The van der Waals surface area contributed by atoms with E-state index in [4.69, 9.17) is 11.6 Å². The van der Waals surface area contributed by atoms with Crippen LogP contribution in [-0.4, -0.2) is 50.5 Å². The lowest BCUT2D eigenvalue weighted by atomic mass is 10.1. The van der Waals surface area contributed by atoms with E-state index in [0.717, 1.165) is 29.0 Å². The van der Waals surface area contributed by atoms with Gasteiger partial charge in [-0.2, -0.15) is 0 Å². The van der Waals surface area contributed by atoms with Gasteiger partial charge in [-0.1, -0.05) is 50.1 Å². The van der Waals surface area contributed by atoms with E-state index in [2.05, 4.69) is 5.32 Å². The van der Waals surface area contributed by atoms with Crippen molar-refractivity contribution >= 4 is 39.1 Å². The number of amides is 2. The van der Waals surface area contributed by atoms with Gasteiger partial charge in [0.2, 0.25) is 21.8 Å².